The third-order valence-corrected chi connectivity index (χ3v) is 5.59. The molecule has 1 aliphatic rings. The lowest BCUT2D eigenvalue weighted by atomic mass is 10.0. The average Bonchev–Trinajstić information content (AvgIpc) is 3.12. The molecular weight excluding hydrogens is 395 g/mol. The molecule has 6 nitrogen and oxygen atoms in total. The number of piperidine rings is 1. The number of hydrogen-bond acceptors (Lipinski definition) is 4. The number of rotatable bonds is 7. The Morgan fingerprint density at radius 3 is 2.73 bits per heavy atom. The van der Waals surface area contributed by atoms with Gasteiger partial charge in [-0.1, -0.05) is 19.8 Å². The number of nitrogens with one attached hydrogen (secondary N) is 1. The van der Waals surface area contributed by atoms with E-state index in [4.69, 9.17) is 0 Å². The van der Waals surface area contributed by atoms with Crippen LogP contribution in [0.3, 0.4) is 0 Å². The first-order valence-electron chi connectivity index (χ1n) is 10.4. The molecule has 1 saturated heterocycles. The monoisotopic (exact) mass is 423 g/mol. The zero-order valence-electron chi connectivity index (χ0n) is 17.4. The molecule has 0 bridgehead atoms. The van der Waals surface area contributed by atoms with E-state index < -0.39 is 11.7 Å². The van der Waals surface area contributed by atoms with E-state index in [0.29, 0.717) is 23.8 Å². The first-order chi connectivity index (χ1) is 14.3. The Kier molecular flexibility index (Phi) is 7.12. The lowest BCUT2D eigenvalue weighted by Gasteiger charge is -2.35. The second-order valence-corrected chi connectivity index (χ2v) is 7.71. The lowest BCUT2D eigenvalue weighted by molar-refractivity contribution is -0.137. The number of pyridine rings is 1. The highest BCUT2D eigenvalue weighted by molar-refractivity contribution is 5.95. The van der Waals surface area contributed by atoms with Crippen molar-refractivity contribution in [3.05, 3.63) is 41.3 Å². The van der Waals surface area contributed by atoms with Crippen LogP contribution in [0.25, 0.3) is 5.82 Å². The van der Waals surface area contributed by atoms with Crippen molar-refractivity contribution in [2.75, 3.05) is 19.6 Å². The van der Waals surface area contributed by atoms with Crippen molar-refractivity contribution in [2.24, 2.45) is 0 Å². The summed E-state index contributed by atoms with van der Waals surface area (Å²) in [5, 5.41) is 7.16. The summed E-state index contributed by atoms with van der Waals surface area (Å²) >= 11 is 0. The van der Waals surface area contributed by atoms with Gasteiger partial charge in [0, 0.05) is 18.8 Å². The number of carbonyl (C=O) groups excluding carboxylic acids is 1. The second-order valence-electron chi connectivity index (χ2n) is 7.71. The van der Waals surface area contributed by atoms with Gasteiger partial charge in [-0.25, -0.2) is 9.67 Å². The third kappa shape index (κ3) is 5.19. The van der Waals surface area contributed by atoms with Crippen molar-refractivity contribution < 1.29 is 18.0 Å². The van der Waals surface area contributed by atoms with Gasteiger partial charge in [0.1, 0.15) is 0 Å². The van der Waals surface area contributed by atoms with Crippen molar-refractivity contribution in [3.63, 3.8) is 0 Å². The molecule has 1 N–H and O–H groups in total. The summed E-state index contributed by atoms with van der Waals surface area (Å²) in [5.74, 6) is 0.00393. The van der Waals surface area contributed by atoms with E-state index in [1.54, 1.807) is 6.92 Å². The summed E-state index contributed by atoms with van der Waals surface area (Å²) < 4.78 is 39.6. The second kappa shape index (κ2) is 9.59. The SMILES string of the molecule is CCCCN1CCCCC1CNC(=O)c1cnn(-c2ccc(C(F)(F)F)cn2)c1C. The molecule has 1 fully saturated rings. The Morgan fingerprint density at radius 2 is 2.07 bits per heavy atom. The number of carbonyl (C=O) groups is 1. The van der Waals surface area contributed by atoms with E-state index in [1.165, 1.54) is 29.8 Å². The molecule has 3 rings (SSSR count). The molecule has 0 radical (unpaired) electrons. The molecule has 1 atom stereocenters. The van der Waals surface area contributed by atoms with E-state index in [2.05, 4.69) is 27.2 Å². The Morgan fingerprint density at radius 1 is 1.27 bits per heavy atom. The maximum Gasteiger partial charge on any atom is 0.417 e. The Hall–Kier alpha value is -2.42. The maximum absolute atomic E-state index is 12.7. The van der Waals surface area contributed by atoms with Crippen LogP contribution in [-0.2, 0) is 6.18 Å². The van der Waals surface area contributed by atoms with Gasteiger partial charge in [0.15, 0.2) is 5.82 Å². The molecule has 2 aromatic rings. The van der Waals surface area contributed by atoms with Crippen LogP contribution in [0.2, 0.25) is 0 Å². The van der Waals surface area contributed by atoms with Gasteiger partial charge in [0.05, 0.1) is 23.0 Å². The highest BCUT2D eigenvalue weighted by Crippen LogP contribution is 2.28. The van der Waals surface area contributed by atoms with Crippen LogP contribution in [0.5, 0.6) is 0 Å². The van der Waals surface area contributed by atoms with Crippen molar-refractivity contribution in [3.8, 4) is 5.82 Å². The summed E-state index contributed by atoms with van der Waals surface area (Å²) in [5.41, 5.74) is 0.105. The molecule has 1 aliphatic heterocycles. The van der Waals surface area contributed by atoms with Gasteiger partial charge in [0.2, 0.25) is 0 Å². The minimum atomic E-state index is -4.44. The minimum absolute atomic E-state index is 0.230. The number of hydrogen-bond donors (Lipinski definition) is 1. The van der Waals surface area contributed by atoms with Crippen molar-refractivity contribution in [2.45, 2.75) is 58.2 Å². The molecule has 164 valence electrons. The number of alkyl halides is 3. The molecule has 0 saturated carbocycles. The number of amides is 1. The van der Waals surface area contributed by atoms with E-state index >= 15 is 0 Å². The maximum atomic E-state index is 12.7. The molecule has 0 aliphatic carbocycles. The quantitative estimate of drug-likeness (QED) is 0.732. The molecule has 1 amide bonds. The molecule has 30 heavy (non-hydrogen) atoms. The van der Waals surface area contributed by atoms with E-state index in [1.807, 2.05) is 0 Å². The molecule has 0 spiro atoms. The van der Waals surface area contributed by atoms with Gasteiger partial charge in [-0.15, -0.1) is 0 Å². The fraction of sp³-hybridized carbons (Fsp3) is 0.571. The normalized spacial score (nSPS) is 17.8. The predicted molar refractivity (Wildman–Crippen MR) is 108 cm³/mol. The summed E-state index contributed by atoms with van der Waals surface area (Å²) in [6.07, 6.45) is 3.48. The van der Waals surface area contributed by atoms with Crippen molar-refractivity contribution in [1.82, 2.24) is 25.0 Å². The summed E-state index contributed by atoms with van der Waals surface area (Å²) in [6, 6.07) is 2.54. The van der Waals surface area contributed by atoms with E-state index in [9.17, 15) is 18.0 Å². The van der Waals surface area contributed by atoms with Crippen molar-refractivity contribution in [1.29, 1.82) is 0 Å². The third-order valence-electron chi connectivity index (χ3n) is 5.59. The molecule has 9 heteroatoms. The standard InChI is InChI=1S/C21H28F3N5O/c1-3-4-10-28-11-6-5-7-17(28)13-26-20(30)18-14-27-29(15(18)2)19-9-8-16(12-25-19)21(22,23)24/h8-9,12,14,17H,3-7,10-11,13H2,1-2H3,(H,26,30). The first-order valence-corrected chi connectivity index (χ1v) is 10.4. The molecule has 3 heterocycles. The highest BCUT2D eigenvalue weighted by Gasteiger charge is 2.31. The summed E-state index contributed by atoms with van der Waals surface area (Å²) in [7, 11) is 0. The first kappa shape index (κ1) is 22.3. The molecular formula is C21H28F3N5O. The number of unbranched alkanes of at least 4 members (excludes halogenated alkanes) is 1. The van der Waals surface area contributed by atoms with Crippen LogP contribution in [0.4, 0.5) is 13.2 Å². The van der Waals surface area contributed by atoms with E-state index in [0.717, 1.165) is 44.6 Å². The van der Waals surface area contributed by atoms with Crippen LogP contribution >= 0.6 is 0 Å². The van der Waals surface area contributed by atoms with Gasteiger partial charge in [0.25, 0.3) is 5.91 Å². The molecule has 0 aromatic carbocycles. The van der Waals surface area contributed by atoms with Gasteiger partial charge < -0.3 is 5.32 Å². The largest absolute Gasteiger partial charge is 0.417 e. The molecule has 1 unspecified atom stereocenters. The zero-order valence-corrected chi connectivity index (χ0v) is 17.4. The van der Waals surface area contributed by atoms with Crippen LogP contribution in [0, 0.1) is 6.92 Å². The number of likely N-dealkylation sites (tertiary alicyclic amines) is 1. The van der Waals surface area contributed by atoms with Gasteiger partial charge in [-0.3, -0.25) is 9.69 Å². The summed E-state index contributed by atoms with van der Waals surface area (Å²) in [6.45, 7) is 6.57. The zero-order chi connectivity index (χ0) is 21.7. The Bertz CT molecular complexity index is 847. The van der Waals surface area contributed by atoms with Crippen LogP contribution in [-0.4, -0.2) is 51.2 Å². The predicted octanol–water partition coefficient (Wildman–Crippen LogP) is 3.98. The van der Waals surface area contributed by atoms with Crippen LogP contribution in [0.15, 0.2) is 24.5 Å². The van der Waals surface area contributed by atoms with Gasteiger partial charge in [-0.2, -0.15) is 18.3 Å². The molecule has 2 aromatic heterocycles. The minimum Gasteiger partial charge on any atom is -0.350 e. The summed E-state index contributed by atoms with van der Waals surface area (Å²) in [4.78, 5) is 19.0. The average molecular weight is 423 g/mol. The number of nitrogens with zero attached hydrogens (tertiary/aromatic N) is 4. The van der Waals surface area contributed by atoms with Gasteiger partial charge >= 0.3 is 6.18 Å². The van der Waals surface area contributed by atoms with Crippen LogP contribution in [0.1, 0.15) is 60.6 Å². The smallest absolute Gasteiger partial charge is 0.350 e. The highest BCUT2D eigenvalue weighted by atomic mass is 19.4. The Labute approximate surface area is 174 Å². The van der Waals surface area contributed by atoms with Gasteiger partial charge in [-0.05, 0) is 51.4 Å². The lowest BCUT2D eigenvalue weighted by Crippen LogP contribution is -2.47. The Balaban J connectivity index is 1.65. The number of aromatic nitrogens is 3. The fourth-order valence-corrected chi connectivity index (χ4v) is 3.80. The van der Waals surface area contributed by atoms with Crippen molar-refractivity contribution >= 4 is 5.91 Å². The fourth-order valence-electron chi connectivity index (χ4n) is 3.80. The van der Waals surface area contributed by atoms with Crippen LogP contribution < -0.4 is 5.32 Å². The van der Waals surface area contributed by atoms with E-state index in [-0.39, 0.29) is 11.7 Å². The topological polar surface area (TPSA) is 63.1 Å². The number of halogens is 3.